The predicted molar refractivity (Wildman–Crippen MR) is 72.3 cm³/mol. The van der Waals surface area contributed by atoms with Crippen LogP contribution in [0.3, 0.4) is 0 Å². The molecule has 3 N–H and O–H groups in total. The standard InChI is InChI=1S/C14H24O6/c1-13(2,3)8(11(17)18)7(10(15)16)9(12(19)20)14(4,5)6/h7-9H,1-6H3,(H,15,16)(H,17,18)(H,19,20). The minimum Gasteiger partial charge on any atom is -0.481 e. The van der Waals surface area contributed by atoms with E-state index in [4.69, 9.17) is 0 Å². The van der Waals surface area contributed by atoms with Crippen molar-refractivity contribution >= 4 is 17.9 Å². The molecule has 6 nitrogen and oxygen atoms in total. The number of aliphatic carboxylic acids is 3. The Balaban J connectivity index is 6.03. The van der Waals surface area contributed by atoms with Gasteiger partial charge in [-0.05, 0) is 10.8 Å². The fourth-order valence-electron chi connectivity index (χ4n) is 2.60. The van der Waals surface area contributed by atoms with Crippen LogP contribution >= 0.6 is 0 Å². The Labute approximate surface area is 118 Å². The lowest BCUT2D eigenvalue weighted by Gasteiger charge is -2.39. The Hall–Kier alpha value is -1.59. The van der Waals surface area contributed by atoms with Gasteiger partial charge in [-0.25, -0.2) is 0 Å². The predicted octanol–water partition coefficient (Wildman–Crippen LogP) is 2.18. The van der Waals surface area contributed by atoms with E-state index in [1.54, 1.807) is 41.5 Å². The van der Waals surface area contributed by atoms with Crippen LogP contribution in [-0.4, -0.2) is 33.2 Å². The average molecular weight is 288 g/mol. The van der Waals surface area contributed by atoms with Gasteiger partial charge in [0.25, 0.3) is 0 Å². The van der Waals surface area contributed by atoms with E-state index in [1.165, 1.54) is 0 Å². The highest BCUT2D eigenvalue weighted by Gasteiger charge is 2.51. The fraction of sp³-hybridized carbons (Fsp3) is 0.786. The van der Waals surface area contributed by atoms with E-state index in [-0.39, 0.29) is 0 Å². The molecule has 0 aromatic rings. The second-order valence-electron chi connectivity index (χ2n) is 7.23. The van der Waals surface area contributed by atoms with E-state index < -0.39 is 46.5 Å². The number of hydrogen-bond acceptors (Lipinski definition) is 3. The molecule has 0 bridgehead atoms. The minimum absolute atomic E-state index is 0.867. The van der Waals surface area contributed by atoms with E-state index in [0.717, 1.165) is 0 Å². The molecule has 0 radical (unpaired) electrons. The third kappa shape index (κ3) is 4.21. The molecule has 20 heavy (non-hydrogen) atoms. The average Bonchev–Trinajstić information content (AvgIpc) is 2.09. The van der Waals surface area contributed by atoms with Gasteiger partial charge < -0.3 is 15.3 Å². The van der Waals surface area contributed by atoms with Gasteiger partial charge in [0.05, 0.1) is 17.8 Å². The summed E-state index contributed by atoms with van der Waals surface area (Å²) in [6.45, 7) is 9.60. The number of hydrogen-bond donors (Lipinski definition) is 3. The van der Waals surface area contributed by atoms with Crippen LogP contribution in [-0.2, 0) is 14.4 Å². The van der Waals surface area contributed by atoms with Crippen LogP contribution in [0.4, 0.5) is 0 Å². The molecule has 0 amide bonds. The molecule has 0 aliphatic rings. The van der Waals surface area contributed by atoms with Gasteiger partial charge in [-0.1, -0.05) is 41.5 Å². The normalized spacial score (nSPS) is 17.1. The Morgan fingerprint density at radius 3 is 1.00 bits per heavy atom. The number of rotatable bonds is 5. The summed E-state index contributed by atoms with van der Waals surface area (Å²) in [4.78, 5) is 34.5. The van der Waals surface area contributed by atoms with Crippen molar-refractivity contribution in [3.05, 3.63) is 0 Å². The van der Waals surface area contributed by atoms with Crippen LogP contribution in [0.1, 0.15) is 41.5 Å². The monoisotopic (exact) mass is 288 g/mol. The molecule has 2 atom stereocenters. The lowest BCUT2D eigenvalue weighted by Crippen LogP contribution is -2.48. The molecule has 0 spiro atoms. The number of carbonyl (C=O) groups is 3. The summed E-state index contributed by atoms with van der Waals surface area (Å²) >= 11 is 0. The zero-order valence-electron chi connectivity index (χ0n) is 12.8. The van der Waals surface area contributed by atoms with Gasteiger partial charge in [0.15, 0.2) is 0 Å². The molecular formula is C14H24O6. The Kier molecular flexibility index (Phi) is 5.35. The topological polar surface area (TPSA) is 112 Å². The van der Waals surface area contributed by atoms with Gasteiger partial charge in [0.1, 0.15) is 0 Å². The third-order valence-electron chi connectivity index (χ3n) is 3.40. The molecule has 0 aliphatic heterocycles. The van der Waals surface area contributed by atoms with Gasteiger partial charge in [-0.15, -0.1) is 0 Å². The maximum Gasteiger partial charge on any atom is 0.308 e. The third-order valence-corrected chi connectivity index (χ3v) is 3.40. The maximum atomic E-state index is 11.6. The number of carboxylic acid groups (broad SMARTS) is 3. The SMILES string of the molecule is CC(C)(C)C(C(=O)O)C(C(=O)O)C(C(=O)O)C(C)(C)C. The summed E-state index contributed by atoms with van der Waals surface area (Å²) in [5, 5.41) is 28.1. The van der Waals surface area contributed by atoms with Crippen LogP contribution in [0.2, 0.25) is 0 Å². The highest BCUT2D eigenvalue weighted by atomic mass is 16.4. The second-order valence-corrected chi connectivity index (χ2v) is 7.23. The summed E-state index contributed by atoms with van der Waals surface area (Å²) in [6.07, 6.45) is 0. The number of carboxylic acids is 3. The second kappa shape index (κ2) is 5.81. The molecule has 0 rings (SSSR count). The van der Waals surface area contributed by atoms with Gasteiger partial charge in [0, 0.05) is 0 Å². The van der Waals surface area contributed by atoms with Gasteiger partial charge in [-0.2, -0.15) is 0 Å². The zero-order chi connectivity index (χ0) is 16.5. The minimum atomic E-state index is -1.50. The van der Waals surface area contributed by atoms with Crippen molar-refractivity contribution < 1.29 is 29.7 Å². The molecule has 6 heteroatoms. The first-order chi connectivity index (χ1) is 8.71. The van der Waals surface area contributed by atoms with E-state index in [2.05, 4.69) is 0 Å². The lowest BCUT2D eigenvalue weighted by atomic mass is 9.62. The lowest BCUT2D eigenvalue weighted by molar-refractivity contribution is -0.170. The van der Waals surface area contributed by atoms with Gasteiger partial charge in [-0.3, -0.25) is 14.4 Å². The van der Waals surface area contributed by atoms with Crippen molar-refractivity contribution in [1.82, 2.24) is 0 Å². The van der Waals surface area contributed by atoms with Crippen molar-refractivity contribution in [2.45, 2.75) is 41.5 Å². The van der Waals surface area contributed by atoms with E-state index in [1.807, 2.05) is 0 Å². The van der Waals surface area contributed by atoms with Crippen molar-refractivity contribution in [2.24, 2.45) is 28.6 Å². The summed E-state index contributed by atoms with van der Waals surface area (Å²) in [7, 11) is 0. The summed E-state index contributed by atoms with van der Waals surface area (Å²) in [5.74, 6) is -8.05. The Bertz CT molecular complexity index is 367. The Morgan fingerprint density at radius 2 is 0.900 bits per heavy atom. The van der Waals surface area contributed by atoms with Crippen LogP contribution in [0, 0.1) is 28.6 Å². The first-order valence-corrected chi connectivity index (χ1v) is 6.39. The van der Waals surface area contributed by atoms with Gasteiger partial charge in [0.2, 0.25) is 0 Å². The van der Waals surface area contributed by atoms with Crippen molar-refractivity contribution in [3.63, 3.8) is 0 Å². The fourth-order valence-corrected chi connectivity index (χ4v) is 2.60. The van der Waals surface area contributed by atoms with Crippen LogP contribution < -0.4 is 0 Å². The van der Waals surface area contributed by atoms with Crippen molar-refractivity contribution in [3.8, 4) is 0 Å². The van der Waals surface area contributed by atoms with Crippen LogP contribution in [0.15, 0.2) is 0 Å². The summed E-state index contributed by atoms with van der Waals surface area (Å²) in [5.41, 5.74) is -1.73. The highest BCUT2D eigenvalue weighted by molar-refractivity contribution is 5.86. The maximum absolute atomic E-state index is 11.6. The van der Waals surface area contributed by atoms with Crippen molar-refractivity contribution in [2.75, 3.05) is 0 Å². The molecule has 0 aliphatic carbocycles. The molecular weight excluding hydrogens is 264 g/mol. The highest BCUT2D eigenvalue weighted by Crippen LogP contribution is 2.42. The largest absolute Gasteiger partial charge is 0.481 e. The summed E-state index contributed by atoms with van der Waals surface area (Å²) < 4.78 is 0. The van der Waals surface area contributed by atoms with Crippen LogP contribution in [0.5, 0.6) is 0 Å². The molecule has 0 fully saturated rings. The molecule has 0 heterocycles. The van der Waals surface area contributed by atoms with E-state index in [9.17, 15) is 29.7 Å². The molecule has 2 unspecified atom stereocenters. The van der Waals surface area contributed by atoms with Crippen molar-refractivity contribution in [1.29, 1.82) is 0 Å². The van der Waals surface area contributed by atoms with E-state index in [0.29, 0.717) is 0 Å². The molecule has 116 valence electrons. The summed E-state index contributed by atoms with van der Waals surface area (Å²) in [6, 6.07) is 0. The smallest absolute Gasteiger partial charge is 0.308 e. The van der Waals surface area contributed by atoms with Crippen LogP contribution in [0.25, 0.3) is 0 Å². The Morgan fingerprint density at radius 1 is 0.650 bits per heavy atom. The van der Waals surface area contributed by atoms with E-state index >= 15 is 0 Å². The molecule has 0 aromatic heterocycles. The zero-order valence-corrected chi connectivity index (χ0v) is 12.8. The quantitative estimate of drug-likeness (QED) is 0.714. The van der Waals surface area contributed by atoms with Gasteiger partial charge >= 0.3 is 17.9 Å². The molecule has 0 saturated carbocycles. The molecule has 0 aromatic carbocycles. The first kappa shape index (κ1) is 18.4. The molecule has 0 saturated heterocycles. The first-order valence-electron chi connectivity index (χ1n) is 6.39.